The summed E-state index contributed by atoms with van der Waals surface area (Å²) in [5.41, 5.74) is 3.07. The van der Waals surface area contributed by atoms with Crippen molar-refractivity contribution in [3.05, 3.63) is 47.6 Å². The van der Waals surface area contributed by atoms with Crippen molar-refractivity contribution in [2.24, 2.45) is 23.2 Å². The average Bonchev–Trinajstić information content (AvgIpc) is 3.15. The Kier molecular flexibility index (Phi) is 8.86. The van der Waals surface area contributed by atoms with Gasteiger partial charge in [-0.3, -0.25) is 0 Å². The lowest BCUT2D eigenvalue weighted by atomic mass is 9.60. The van der Waals surface area contributed by atoms with Crippen LogP contribution in [0.25, 0.3) is 0 Å². The minimum Gasteiger partial charge on any atom is -0.393 e. The molecule has 3 heteroatoms. The third-order valence-electron chi connectivity index (χ3n) is 9.43. The van der Waals surface area contributed by atoms with Crippen LogP contribution >= 0.6 is 0 Å². The van der Waals surface area contributed by atoms with Crippen LogP contribution in [-0.2, 0) is 0 Å². The summed E-state index contributed by atoms with van der Waals surface area (Å²) in [6.45, 7) is 13.1. The minimum atomic E-state index is -0.638. The molecule has 3 aliphatic rings. The molecule has 0 saturated heterocycles. The van der Waals surface area contributed by atoms with Crippen LogP contribution in [0.1, 0.15) is 98.3 Å². The second kappa shape index (κ2) is 11.1. The van der Waals surface area contributed by atoms with Crippen molar-refractivity contribution in [2.75, 3.05) is 0 Å². The Morgan fingerprint density at radius 3 is 2.61 bits per heavy atom. The van der Waals surface area contributed by atoms with Gasteiger partial charge in [-0.1, -0.05) is 64.2 Å². The lowest BCUT2D eigenvalue weighted by Crippen LogP contribution is -2.36. The SMILES string of the molecule is C=C1/C(=C\C=C2/CCC[C@]3(C)[C@@H]([C@H](C)CC/C=C/C(O)(CC)CC)CC[C@@H]23)C[C@@H](O)C[C@@H]1O. The molecule has 33 heavy (non-hydrogen) atoms. The summed E-state index contributed by atoms with van der Waals surface area (Å²) in [6, 6.07) is 0. The van der Waals surface area contributed by atoms with Crippen LogP contribution in [0, 0.1) is 23.2 Å². The quantitative estimate of drug-likeness (QED) is 0.358. The Balaban J connectivity index is 1.66. The molecule has 3 nitrogen and oxygen atoms in total. The van der Waals surface area contributed by atoms with E-state index in [0.717, 1.165) is 42.7 Å². The highest BCUT2D eigenvalue weighted by Crippen LogP contribution is 2.59. The maximum atomic E-state index is 10.5. The zero-order chi connectivity index (χ0) is 24.2. The molecule has 3 fully saturated rings. The van der Waals surface area contributed by atoms with Gasteiger partial charge in [-0.2, -0.15) is 0 Å². The molecule has 0 spiro atoms. The second-order valence-corrected chi connectivity index (χ2v) is 11.4. The standard InChI is InChI=1S/C30H48O3/c1-6-30(33,7-2)18-9-8-11-21(3)26-15-16-27-23(12-10-17-29(26,27)5)13-14-24-19-25(31)20-28(32)22(24)4/h9,13-14,18,21,25-28,31-33H,4,6-8,10-12,15-17,19-20H2,1-3,5H3/b18-9+,23-13+,24-14-/t21-,25-,26-,27+,28+,29-/m1/s1. The Hall–Kier alpha value is -1.16. The van der Waals surface area contributed by atoms with E-state index >= 15 is 0 Å². The van der Waals surface area contributed by atoms with Crippen LogP contribution in [0.15, 0.2) is 47.6 Å². The molecular formula is C30H48O3. The van der Waals surface area contributed by atoms with E-state index < -0.39 is 17.8 Å². The number of aliphatic hydroxyl groups excluding tert-OH is 2. The van der Waals surface area contributed by atoms with E-state index in [1.807, 2.05) is 6.08 Å². The van der Waals surface area contributed by atoms with Gasteiger partial charge >= 0.3 is 0 Å². The second-order valence-electron chi connectivity index (χ2n) is 11.4. The molecule has 0 aromatic heterocycles. The van der Waals surface area contributed by atoms with Gasteiger partial charge in [-0.15, -0.1) is 0 Å². The van der Waals surface area contributed by atoms with E-state index in [-0.39, 0.29) is 0 Å². The van der Waals surface area contributed by atoms with Gasteiger partial charge in [0.05, 0.1) is 17.8 Å². The van der Waals surface area contributed by atoms with E-state index in [1.54, 1.807) is 5.57 Å². The first-order chi connectivity index (χ1) is 15.6. The van der Waals surface area contributed by atoms with E-state index in [4.69, 9.17) is 0 Å². The molecule has 0 heterocycles. The van der Waals surface area contributed by atoms with Crippen molar-refractivity contribution in [3.63, 3.8) is 0 Å². The van der Waals surface area contributed by atoms with Crippen molar-refractivity contribution in [1.82, 2.24) is 0 Å². The van der Waals surface area contributed by atoms with E-state index in [0.29, 0.717) is 30.1 Å². The average molecular weight is 457 g/mol. The molecule has 0 amide bonds. The Bertz CT molecular complexity index is 771. The van der Waals surface area contributed by atoms with Gasteiger partial charge < -0.3 is 15.3 Å². The van der Waals surface area contributed by atoms with Gasteiger partial charge in [-0.05, 0) is 98.5 Å². The van der Waals surface area contributed by atoms with Crippen LogP contribution in [0.3, 0.4) is 0 Å². The molecule has 3 saturated carbocycles. The molecule has 0 radical (unpaired) electrons. The van der Waals surface area contributed by atoms with Crippen LogP contribution in [0.2, 0.25) is 0 Å². The summed E-state index contributed by atoms with van der Waals surface area (Å²) >= 11 is 0. The van der Waals surface area contributed by atoms with Crippen molar-refractivity contribution in [3.8, 4) is 0 Å². The number of hydrogen-bond acceptors (Lipinski definition) is 3. The first-order valence-electron chi connectivity index (χ1n) is 13.5. The summed E-state index contributed by atoms with van der Waals surface area (Å²) in [6.07, 6.45) is 18.7. The monoisotopic (exact) mass is 456 g/mol. The highest BCUT2D eigenvalue weighted by atomic mass is 16.3. The fourth-order valence-corrected chi connectivity index (χ4v) is 7.03. The van der Waals surface area contributed by atoms with Gasteiger partial charge in [0.2, 0.25) is 0 Å². The lowest BCUT2D eigenvalue weighted by Gasteiger charge is -2.44. The topological polar surface area (TPSA) is 60.7 Å². The molecule has 3 aliphatic carbocycles. The summed E-state index contributed by atoms with van der Waals surface area (Å²) in [4.78, 5) is 0. The first-order valence-corrected chi connectivity index (χ1v) is 13.5. The minimum absolute atomic E-state index is 0.363. The number of fused-ring (bicyclic) bond motifs is 1. The third kappa shape index (κ3) is 5.92. The predicted octanol–water partition coefficient (Wildman–Crippen LogP) is 6.65. The summed E-state index contributed by atoms with van der Waals surface area (Å²) in [5, 5.41) is 30.7. The molecule has 3 N–H and O–H groups in total. The van der Waals surface area contributed by atoms with Crippen molar-refractivity contribution >= 4 is 0 Å². The van der Waals surface area contributed by atoms with Crippen molar-refractivity contribution in [1.29, 1.82) is 0 Å². The third-order valence-corrected chi connectivity index (χ3v) is 9.43. The summed E-state index contributed by atoms with van der Waals surface area (Å²) < 4.78 is 0. The van der Waals surface area contributed by atoms with Gasteiger partial charge in [0.25, 0.3) is 0 Å². The zero-order valence-corrected chi connectivity index (χ0v) is 21.5. The van der Waals surface area contributed by atoms with Crippen LogP contribution in [-0.4, -0.2) is 33.1 Å². The number of aliphatic hydroxyl groups is 3. The fraction of sp³-hybridized carbons (Fsp3) is 0.733. The number of allylic oxidation sites excluding steroid dienone is 4. The number of rotatable bonds is 8. The van der Waals surface area contributed by atoms with Gasteiger partial charge in [0.1, 0.15) is 0 Å². The van der Waals surface area contributed by atoms with Crippen LogP contribution in [0.5, 0.6) is 0 Å². The van der Waals surface area contributed by atoms with Gasteiger partial charge in [-0.25, -0.2) is 0 Å². The molecule has 186 valence electrons. The Morgan fingerprint density at radius 2 is 1.91 bits per heavy atom. The normalized spacial score (nSPS) is 36.6. The summed E-state index contributed by atoms with van der Waals surface area (Å²) in [7, 11) is 0. The van der Waals surface area contributed by atoms with E-state index in [9.17, 15) is 15.3 Å². The van der Waals surface area contributed by atoms with Crippen molar-refractivity contribution < 1.29 is 15.3 Å². The van der Waals surface area contributed by atoms with Crippen LogP contribution in [0.4, 0.5) is 0 Å². The highest BCUT2D eigenvalue weighted by molar-refractivity contribution is 5.38. The van der Waals surface area contributed by atoms with Crippen LogP contribution < -0.4 is 0 Å². The smallest absolute Gasteiger partial charge is 0.0822 e. The first kappa shape index (κ1) is 26.4. The Morgan fingerprint density at radius 1 is 1.18 bits per heavy atom. The zero-order valence-electron chi connectivity index (χ0n) is 21.5. The summed E-state index contributed by atoms with van der Waals surface area (Å²) in [5.74, 6) is 2.07. The molecule has 0 bridgehead atoms. The fourth-order valence-electron chi connectivity index (χ4n) is 7.03. The van der Waals surface area contributed by atoms with Crippen molar-refractivity contribution in [2.45, 2.75) is 116 Å². The molecule has 3 rings (SSSR count). The molecular weight excluding hydrogens is 408 g/mol. The van der Waals surface area contributed by atoms with E-state index in [2.05, 4.69) is 52.5 Å². The predicted molar refractivity (Wildman–Crippen MR) is 138 cm³/mol. The highest BCUT2D eigenvalue weighted by Gasteiger charge is 2.50. The molecule has 0 unspecified atom stereocenters. The van der Waals surface area contributed by atoms with Gasteiger partial charge in [0.15, 0.2) is 0 Å². The van der Waals surface area contributed by atoms with Gasteiger partial charge in [0, 0.05) is 6.42 Å². The maximum absolute atomic E-state index is 10.5. The molecule has 0 aromatic carbocycles. The largest absolute Gasteiger partial charge is 0.393 e. The Labute approximate surface area is 202 Å². The number of hydrogen-bond donors (Lipinski definition) is 3. The molecule has 0 aliphatic heterocycles. The molecule has 6 atom stereocenters. The maximum Gasteiger partial charge on any atom is 0.0822 e. The lowest BCUT2D eigenvalue weighted by molar-refractivity contribution is 0.0819. The molecule has 0 aromatic rings. The van der Waals surface area contributed by atoms with E-state index in [1.165, 1.54) is 32.1 Å².